The van der Waals surface area contributed by atoms with Crippen molar-refractivity contribution in [2.24, 2.45) is 0 Å². The Labute approximate surface area is 116 Å². The van der Waals surface area contributed by atoms with Crippen LogP contribution in [0.3, 0.4) is 0 Å². The summed E-state index contributed by atoms with van der Waals surface area (Å²) in [7, 11) is 0. The first kappa shape index (κ1) is 12.8. The van der Waals surface area contributed by atoms with E-state index in [0.717, 1.165) is 31.2 Å². The molecule has 20 heavy (non-hydrogen) atoms. The van der Waals surface area contributed by atoms with Gasteiger partial charge in [-0.15, -0.1) is 10.2 Å². The van der Waals surface area contributed by atoms with Crippen molar-refractivity contribution in [2.45, 2.75) is 38.2 Å². The average molecular weight is 272 g/mol. The number of ether oxygens (including phenoxy) is 1. The standard InChI is InChI=1S/C14H16N4O2/c19-14(20-12-4-2-1-3-5-12)11-8-6-10(7-9-11)13-15-17-18-16-13/h6-9,12H,1-5H2,(H,15,16,17,18). The molecule has 6 nitrogen and oxygen atoms in total. The zero-order valence-electron chi connectivity index (χ0n) is 11.1. The molecule has 0 aliphatic heterocycles. The zero-order valence-corrected chi connectivity index (χ0v) is 11.1. The van der Waals surface area contributed by atoms with Crippen LogP contribution in [0.4, 0.5) is 0 Å². The number of aromatic amines is 1. The molecule has 3 rings (SSSR count). The number of H-pyrrole nitrogens is 1. The number of rotatable bonds is 3. The minimum atomic E-state index is -0.253. The molecule has 1 fully saturated rings. The summed E-state index contributed by atoms with van der Waals surface area (Å²) in [5, 5.41) is 13.7. The highest BCUT2D eigenvalue weighted by molar-refractivity contribution is 5.90. The van der Waals surface area contributed by atoms with Crippen molar-refractivity contribution < 1.29 is 9.53 Å². The second kappa shape index (κ2) is 5.81. The molecule has 1 aliphatic carbocycles. The lowest BCUT2D eigenvalue weighted by atomic mass is 9.98. The van der Waals surface area contributed by atoms with E-state index < -0.39 is 0 Å². The van der Waals surface area contributed by atoms with Crippen LogP contribution in [0.15, 0.2) is 24.3 Å². The molecular weight excluding hydrogens is 256 g/mol. The molecule has 0 atom stereocenters. The van der Waals surface area contributed by atoms with E-state index in [1.54, 1.807) is 24.3 Å². The number of benzene rings is 1. The average Bonchev–Trinajstić information content (AvgIpc) is 3.03. The minimum absolute atomic E-state index is 0.0770. The molecule has 104 valence electrons. The second-order valence-corrected chi connectivity index (χ2v) is 4.98. The molecule has 1 aromatic carbocycles. The summed E-state index contributed by atoms with van der Waals surface area (Å²) in [6.07, 6.45) is 5.57. The Morgan fingerprint density at radius 2 is 1.90 bits per heavy atom. The lowest BCUT2D eigenvalue weighted by Gasteiger charge is -2.21. The largest absolute Gasteiger partial charge is 0.459 e. The zero-order chi connectivity index (χ0) is 13.8. The number of tetrazole rings is 1. The summed E-state index contributed by atoms with van der Waals surface area (Å²) in [5.74, 6) is 0.258. The molecule has 1 N–H and O–H groups in total. The fourth-order valence-corrected chi connectivity index (χ4v) is 2.44. The van der Waals surface area contributed by atoms with E-state index in [2.05, 4.69) is 20.6 Å². The van der Waals surface area contributed by atoms with E-state index in [0.29, 0.717) is 11.4 Å². The third-order valence-electron chi connectivity index (χ3n) is 3.55. The van der Waals surface area contributed by atoms with Gasteiger partial charge in [-0.25, -0.2) is 4.79 Å². The highest BCUT2D eigenvalue weighted by Gasteiger charge is 2.18. The van der Waals surface area contributed by atoms with Crippen molar-refractivity contribution >= 4 is 5.97 Å². The van der Waals surface area contributed by atoms with E-state index in [1.807, 2.05) is 0 Å². The summed E-state index contributed by atoms with van der Waals surface area (Å²) >= 11 is 0. The summed E-state index contributed by atoms with van der Waals surface area (Å²) in [5.41, 5.74) is 1.37. The van der Waals surface area contributed by atoms with Crippen molar-refractivity contribution in [2.75, 3.05) is 0 Å². The van der Waals surface area contributed by atoms with E-state index in [1.165, 1.54) is 6.42 Å². The predicted octanol–water partition coefficient (Wildman–Crippen LogP) is 2.36. The fraction of sp³-hybridized carbons (Fsp3) is 0.429. The van der Waals surface area contributed by atoms with Gasteiger partial charge in [0.15, 0.2) is 0 Å². The molecule has 0 amide bonds. The maximum absolute atomic E-state index is 12.0. The number of hydrogen-bond donors (Lipinski definition) is 1. The molecule has 0 unspecified atom stereocenters. The SMILES string of the molecule is O=C(OC1CCCCC1)c1ccc(-c2nn[nH]n2)cc1. The van der Waals surface area contributed by atoms with Gasteiger partial charge in [0.1, 0.15) is 6.10 Å². The number of carbonyl (C=O) groups is 1. The van der Waals surface area contributed by atoms with Gasteiger partial charge >= 0.3 is 5.97 Å². The van der Waals surface area contributed by atoms with Crippen LogP contribution >= 0.6 is 0 Å². The Morgan fingerprint density at radius 1 is 1.15 bits per heavy atom. The van der Waals surface area contributed by atoms with Gasteiger partial charge in [0.05, 0.1) is 5.56 Å². The quantitative estimate of drug-likeness (QED) is 0.867. The minimum Gasteiger partial charge on any atom is -0.459 e. The lowest BCUT2D eigenvalue weighted by molar-refractivity contribution is 0.0211. The maximum atomic E-state index is 12.0. The smallest absolute Gasteiger partial charge is 0.338 e. The van der Waals surface area contributed by atoms with Gasteiger partial charge in [-0.3, -0.25) is 0 Å². The number of nitrogens with zero attached hydrogens (tertiary/aromatic N) is 3. The van der Waals surface area contributed by atoms with Gasteiger partial charge in [0.2, 0.25) is 5.82 Å². The molecule has 1 heterocycles. The van der Waals surface area contributed by atoms with Crippen LogP contribution in [-0.2, 0) is 4.74 Å². The van der Waals surface area contributed by atoms with Gasteiger partial charge in [-0.1, -0.05) is 18.6 Å². The Balaban J connectivity index is 1.66. The first-order valence-corrected chi connectivity index (χ1v) is 6.88. The van der Waals surface area contributed by atoms with Gasteiger partial charge in [0, 0.05) is 5.56 Å². The van der Waals surface area contributed by atoms with E-state index in [9.17, 15) is 4.79 Å². The lowest BCUT2D eigenvalue weighted by Crippen LogP contribution is -2.20. The van der Waals surface area contributed by atoms with Crippen molar-refractivity contribution in [3.8, 4) is 11.4 Å². The van der Waals surface area contributed by atoms with Gasteiger partial charge < -0.3 is 4.74 Å². The molecule has 1 aromatic heterocycles. The highest BCUT2D eigenvalue weighted by Crippen LogP contribution is 2.22. The number of carbonyl (C=O) groups excluding carboxylic acids is 1. The van der Waals surface area contributed by atoms with Gasteiger partial charge in [0.25, 0.3) is 0 Å². The number of hydrogen-bond acceptors (Lipinski definition) is 5. The summed E-state index contributed by atoms with van der Waals surface area (Å²) in [4.78, 5) is 12.0. The van der Waals surface area contributed by atoms with Crippen molar-refractivity contribution in [1.82, 2.24) is 20.6 Å². The third-order valence-corrected chi connectivity index (χ3v) is 3.55. The van der Waals surface area contributed by atoms with Gasteiger partial charge in [-0.05, 0) is 43.0 Å². The molecule has 6 heteroatoms. The first-order valence-electron chi connectivity index (χ1n) is 6.88. The third kappa shape index (κ3) is 2.84. The highest BCUT2D eigenvalue weighted by atomic mass is 16.5. The monoisotopic (exact) mass is 272 g/mol. The number of nitrogens with one attached hydrogen (secondary N) is 1. The molecule has 1 aliphatic rings. The Kier molecular flexibility index (Phi) is 3.71. The van der Waals surface area contributed by atoms with Gasteiger partial charge in [-0.2, -0.15) is 5.21 Å². The second-order valence-electron chi connectivity index (χ2n) is 4.98. The summed E-state index contributed by atoms with van der Waals surface area (Å²) < 4.78 is 5.52. The van der Waals surface area contributed by atoms with Crippen molar-refractivity contribution in [3.63, 3.8) is 0 Å². The molecule has 0 saturated heterocycles. The Bertz CT molecular complexity index is 559. The molecule has 2 aromatic rings. The molecular formula is C14H16N4O2. The normalized spacial score (nSPS) is 16.0. The van der Waals surface area contributed by atoms with Crippen LogP contribution in [0.2, 0.25) is 0 Å². The molecule has 0 radical (unpaired) electrons. The van der Waals surface area contributed by atoms with Crippen molar-refractivity contribution in [1.29, 1.82) is 0 Å². The van der Waals surface area contributed by atoms with Crippen LogP contribution < -0.4 is 0 Å². The summed E-state index contributed by atoms with van der Waals surface area (Å²) in [6.45, 7) is 0. The number of esters is 1. The van der Waals surface area contributed by atoms with Crippen LogP contribution in [0.5, 0.6) is 0 Å². The van der Waals surface area contributed by atoms with E-state index in [4.69, 9.17) is 4.74 Å². The van der Waals surface area contributed by atoms with Crippen molar-refractivity contribution in [3.05, 3.63) is 29.8 Å². The molecule has 0 spiro atoms. The predicted molar refractivity (Wildman–Crippen MR) is 71.9 cm³/mol. The number of aromatic nitrogens is 4. The first-order chi connectivity index (χ1) is 9.83. The van der Waals surface area contributed by atoms with Crippen LogP contribution in [0.1, 0.15) is 42.5 Å². The molecule has 0 bridgehead atoms. The summed E-state index contributed by atoms with van der Waals surface area (Å²) in [6, 6.07) is 7.05. The maximum Gasteiger partial charge on any atom is 0.338 e. The topological polar surface area (TPSA) is 80.8 Å². The molecule has 1 saturated carbocycles. The Hall–Kier alpha value is -2.24. The fourth-order valence-electron chi connectivity index (χ4n) is 2.44. The van der Waals surface area contributed by atoms with Crippen LogP contribution in [0, 0.1) is 0 Å². The van der Waals surface area contributed by atoms with Crippen LogP contribution in [0.25, 0.3) is 11.4 Å². The Morgan fingerprint density at radius 3 is 2.55 bits per heavy atom. The van der Waals surface area contributed by atoms with Crippen LogP contribution in [-0.4, -0.2) is 32.7 Å². The van der Waals surface area contributed by atoms with E-state index in [-0.39, 0.29) is 12.1 Å². The van der Waals surface area contributed by atoms with E-state index >= 15 is 0 Å².